The molecule has 6 heteroatoms. The molecule has 0 radical (unpaired) electrons. The summed E-state index contributed by atoms with van der Waals surface area (Å²) in [6.07, 6.45) is -2.70. The quantitative estimate of drug-likeness (QED) is 0.525. The number of methoxy groups -OCH3 is 1. The van der Waals surface area contributed by atoms with Crippen LogP contribution in [0.4, 0.5) is 5.69 Å². The maximum Gasteiger partial charge on any atom is 0.337 e. The zero-order valence-electron chi connectivity index (χ0n) is 9.83. The minimum absolute atomic E-state index is 0.155. The Kier molecular flexibility index (Phi) is 4.66. The molecule has 0 heterocycles. The highest BCUT2D eigenvalue weighted by molar-refractivity contribution is 5.90. The summed E-state index contributed by atoms with van der Waals surface area (Å²) >= 11 is 0. The molecule has 0 aliphatic carbocycles. The third-order valence-electron chi connectivity index (χ3n) is 2.49. The van der Waals surface area contributed by atoms with E-state index < -0.39 is 18.2 Å². The van der Waals surface area contributed by atoms with Gasteiger partial charge in [0, 0.05) is 11.3 Å². The molecule has 1 rings (SSSR count). The lowest BCUT2D eigenvalue weighted by molar-refractivity contribution is 0.0220. The van der Waals surface area contributed by atoms with Gasteiger partial charge in [0.15, 0.2) is 0 Å². The number of carbonyl (C=O) groups is 1. The topological polar surface area (TPSA) is 117 Å². The fourth-order valence-electron chi connectivity index (χ4n) is 1.50. The molecule has 2 unspecified atom stereocenters. The van der Waals surface area contributed by atoms with Gasteiger partial charge in [0.2, 0.25) is 0 Å². The Labute approximate surface area is 104 Å². The van der Waals surface area contributed by atoms with Gasteiger partial charge in [-0.05, 0) is 12.1 Å². The minimum atomic E-state index is -1.27. The number of ether oxygens (including phenoxy) is 1. The minimum Gasteiger partial charge on any atom is -0.465 e. The van der Waals surface area contributed by atoms with Crippen LogP contribution in [0.15, 0.2) is 18.2 Å². The highest BCUT2D eigenvalue weighted by Crippen LogP contribution is 2.25. The van der Waals surface area contributed by atoms with Gasteiger partial charge in [-0.25, -0.2) is 4.79 Å². The van der Waals surface area contributed by atoms with Gasteiger partial charge < -0.3 is 20.7 Å². The van der Waals surface area contributed by atoms with Crippen LogP contribution in [-0.4, -0.2) is 29.4 Å². The lowest BCUT2D eigenvalue weighted by atomic mass is 9.99. The van der Waals surface area contributed by atoms with Crippen molar-refractivity contribution in [2.75, 3.05) is 12.8 Å². The lowest BCUT2D eigenvalue weighted by Gasteiger charge is -2.17. The second-order valence-corrected chi connectivity index (χ2v) is 3.71. The van der Waals surface area contributed by atoms with Gasteiger partial charge in [-0.2, -0.15) is 5.26 Å². The summed E-state index contributed by atoms with van der Waals surface area (Å²) in [6.45, 7) is 0. The van der Waals surface area contributed by atoms with E-state index in [0.717, 1.165) is 0 Å². The molecule has 1 aromatic rings. The number of rotatable bonds is 4. The van der Waals surface area contributed by atoms with Crippen molar-refractivity contribution in [3.63, 3.8) is 0 Å². The smallest absolute Gasteiger partial charge is 0.337 e. The maximum atomic E-state index is 11.3. The molecule has 0 saturated heterocycles. The van der Waals surface area contributed by atoms with Gasteiger partial charge in [0.1, 0.15) is 6.10 Å². The number of hydrogen-bond donors (Lipinski definition) is 3. The summed E-state index contributed by atoms with van der Waals surface area (Å²) in [7, 11) is 1.25. The third kappa shape index (κ3) is 2.97. The third-order valence-corrected chi connectivity index (χ3v) is 2.49. The second-order valence-electron chi connectivity index (χ2n) is 3.71. The number of aliphatic hydroxyl groups is 2. The van der Waals surface area contributed by atoms with Crippen LogP contribution in [0.1, 0.15) is 28.4 Å². The Bertz CT molecular complexity index is 481. The van der Waals surface area contributed by atoms with Gasteiger partial charge in [-0.3, -0.25) is 0 Å². The Balaban J connectivity index is 2.99. The lowest BCUT2D eigenvalue weighted by Crippen LogP contribution is -2.19. The van der Waals surface area contributed by atoms with Crippen LogP contribution < -0.4 is 5.73 Å². The normalized spacial score (nSPS) is 13.4. The number of nitriles is 1. The number of esters is 1. The number of nitrogens with zero attached hydrogens (tertiary/aromatic N) is 1. The Morgan fingerprint density at radius 1 is 1.56 bits per heavy atom. The van der Waals surface area contributed by atoms with E-state index in [1.165, 1.54) is 25.3 Å². The summed E-state index contributed by atoms with van der Waals surface area (Å²) in [5, 5.41) is 27.7. The van der Waals surface area contributed by atoms with Crippen molar-refractivity contribution in [2.24, 2.45) is 0 Å². The summed E-state index contributed by atoms with van der Waals surface area (Å²) in [4.78, 5) is 11.3. The molecule has 2 atom stereocenters. The molecule has 6 nitrogen and oxygen atoms in total. The first-order chi connectivity index (χ1) is 8.51. The van der Waals surface area contributed by atoms with Crippen molar-refractivity contribution >= 4 is 11.7 Å². The molecule has 1 aromatic carbocycles. The van der Waals surface area contributed by atoms with Gasteiger partial charge in [0.25, 0.3) is 0 Å². The fraction of sp³-hybridized carbons (Fsp3) is 0.333. The van der Waals surface area contributed by atoms with Crippen LogP contribution in [0, 0.1) is 11.3 Å². The average Bonchev–Trinajstić information content (AvgIpc) is 2.37. The SMILES string of the molecule is COC(=O)c1ccc(C(O)C(O)CC#N)c(N)c1. The van der Waals surface area contributed by atoms with Gasteiger partial charge in [0.05, 0.1) is 31.3 Å². The maximum absolute atomic E-state index is 11.3. The standard InChI is InChI=1S/C12H14N2O4/c1-18-12(17)7-2-3-8(9(14)6-7)11(16)10(15)4-5-13/h2-3,6,10-11,15-16H,4,14H2,1H3. The molecule has 0 spiro atoms. The molecule has 0 amide bonds. The zero-order valence-corrected chi connectivity index (χ0v) is 9.83. The average molecular weight is 250 g/mol. The molecule has 0 aromatic heterocycles. The number of carbonyl (C=O) groups excluding carboxylic acids is 1. The number of nitrogen functional groups attached to an aromatic ring is 1. The monoisotopic (exact) mass is 250 g/mol. The van der Waals surface area contributed by atoms with Gasteiger partial charge in [-0.15, -0.1) is 0 Å². The van der Waals surface area contributed by atoms with E-state index in [1.807, 2.05) is 0 Å². The predicted octanol–water partition coefficient (Wildman–Crippen LogP) is 0.363. The van der Waals surface area contributed by atoms with E-state index in [1.54, 1.807) is 6.07 Å². The summed E-state index contributed by atoms with van der Waals surface area (Å²) in [5.74, 6) is -0.541. The van der Waals surface area contributed by atoms with Crippen molar-refractivity contribution in [1.82, 2.24) is 0 Å². The first kappa shape index (κ1) is 14.0. The zero-order chi connectivity index (χ0) is 13.7. The molecule has 0 aliphatic rings. The molecule has 0 fully saturated rings. The van der Waals surface area contributed by atoms with Crippen molar-refractivity contribution in [1.29, 1.82) is 5.26 Å². The Morgan fingerprint density at radius 3 is 2.72 bits per heavy atom. The van der Waals surface area contributed by atoms with E-state index in [0.29, 0.717) is 0 Å². The first-order valence-corrected chi connectivity index (χ1v) is 5.22. The number of benzene rings is 1. The van der Waals surface area contributed by atoms with Crippen LogP contribution in [-0.2, 0) is 4.74 Å². The summed E-state index contributed by atoms with van der Waals surface area (Å²) < 4.78 is 4.53. The highest BCUT2D eigenvalue weighted by Gasteiger charge is 2.21. The van der Waals surface area contributed by atoms with E-state index in [4.69, 9.17) is 11.0 Å². The molecule has 0 bridgehead atoms. The van der Waals surface area contributed by atoms with Crippen LogP contribution in [0.2, 0.25) is 0 Å². The first-order valence-electron chi connectivity index (χ1n) is 5.22. The number of nitrogens with two attached hydrogens (primary N) is 1. The predicted molar refractivity (Wildman–Crippen MR) is 63.4 cm³/mol. The molecule has 0 aliphatic heterocycles. The summed E-state index contributed by atoms with van der Waals surface area (Å²) in [5.41, 5.74) is 6.36. The Hall–Kier alpha value is -2.10. The number of hydrogen-bond acceptors (Lipinski definition) is 6. The van der Waals surface area contributed by atoms with Crippen molar-refractivity contribution in [2.45, 2.75) is 18.6 Å². The van der Waals surface area contributed by atoms with Crippen molar-refractivity contribution < 1.29 is 19.7 Å². The van der Waals surface area contributed by atoms with E-state index in [-0.39, 0.29) is 23.2 Å². The van der Waals surface area contributed by atoms with Crippen LogP contribution in [0.5, 0.6) is 0 Å². The van der Waals surface area contributed by atoms with Crippen LogP contribution in [0.3, 0.4) is 0 Å². The molecule has 4 N–H and O–H groups in total. The largest absolute Gasteiger partial charge is 0.465 e. The number of anilines is 1. The second kappa shape index (κ2) is 6.00. The van der Waals surface area contributed by atoms with E-state index in [9.17, 15) is 15.0 Å². The highest BCUT2D eigenvalue weighted by atomic mass is 16.5. The molecule has 0 saturated carbocycles. The van der Waals surface area contributed by atoms with Gasteiger partial charge in [-0.1, -0.05) is 6.07 Å². The van der Waals surface area contributed by atoms with Crippen molar-refractivity contribution in [3.05, 3.63) is 29.3 Å². The van der Waals surface area contributed by atoms with Gasteiger partial charge >= 0.3 is 5.97 Å². The van der Waals surface area contributed by atoms with Crippen molar-refractivity contribution in [3.8, 4) is 6.07 Å². The van der Waals surface area contributed by atoms with Crippen LogP contribution >= 0.6 is 0 Å². The fourth-order valence-corrected chi connectivity index (χ4v) is 1.50. The molecular formula is C12H14N2O4. The molecule has 18 heavy (non-hydrogen) atoms. The number of aliphatic hydroxyl groups excluding tert-OH is 2. The van der Waals surface area contributed by atoms with E-state index in [2.05, 4.69) is 4.74 Å². The summed E-state index contributed by atoms with van der Waals surface area (Å²) in [6, 6.07) is 5.96. The molecule has 96 valence electrons. The van der Waals surface area contributed by atoms with Crippen LogP contribution in [0.25, 0.3) is 0 Å². The Morgan fingerprint density at radius 2 is 2.22 bits per heavy atom. The van der Waals surface area contributed by atoms with E-state index >= 15 is 0 Å². The molecular weight excluding hydrogens is 236 g/mol.